The maximum atomic E-state index is 12.8. The van der Waals surface area contributed by atoms with Gasteiger partial charge in [0.1, 0.15) is 6.04 Å². The Balaban J connectivity index is 3.27. The molecule has 0 bridgehead atoms. The Morgan fingerprint density at radius 3 is 1.93 bits per heavy atom. The van der Waals surface area contributed by atoms with Gasteiger partial charge in [0.05, 0.1) is 26.2 Å². The molecule has 27 heavy (non-hydrogen) atoms. The molecule has 1 aromatic carbocycles. The molecule has 0 spiro atoms. The highest BCUT2D eigenvalue weighted by Crippen LogP contribution is 2.33. The predicted octanol–water partition coefficient (Wildman–Crippen LogP) is 2.66. The first kappa shape index (κ1) is 23.1. The molecule has 0 saturated carbocycles. The van der Waals surface area contributed by atoms with Crippen molar-refractivity contribution in [1.82, 2.24) is 5.32 Å². The summed E-state index contributed by atoms with van der Waals surface area (Å²) in [5.41, 5.74) is 0.337. The summed E-state index contributed by atoms with van der Waals surface area (Å²) in [6.07, 6.45) is 1.08. The number of benzene rings is 1. The molecule has 1 amide bonds. The molecule has 7 nitrogen and oxygen atoms in total. The maximum Gasteiger partial charge on any atom is 0.243 e. The van der Waals surface area contributed by atoms with Gasteiger partial charge in [0.25, 0.3) is 0 Å². The minimum absolute atomic E-state index is 0.0493. The smallest absolute Gasteiger partial charge is 0.243 e. The molecular formula is C19H32N2O5S. The molecule has 0 aliphatic rings. The van der Waals surface area contributed by atoms with Gasteiger partial charge in [-0.3, -0.25) is 9.10 Å². The van der Waals surface area contributed by atoms with Crippen LogP contribution >= 0.6 is 0 Å². The number of carbonyl (C=O) groups excluding carboxylic acids is 1. The van der Waals surface area contributed by atoms with Crippen molar-refractivity contribution < 1.29 is 22.7 Å². The Kier molecular flexibility index (Phi) is 7.95. The van der Waals surface area contributed by atoms with Gasteiger partial charge in [-0.1, -0.05) is 27.7 Å². The lowest BCUT2D eigenvalue weighted by Crippen LogP contribution is -2.52. The van der Waals surface area contributed by atoms with Gasteiger partial charge in [-0.15, -0.1) is 0 Å². The zero-order valence-corrected chi connectivity index (χ0v) is 18.3. The largest absolute Gasteiger partial charge is 0.493 e. The fourth-order valence-corrected chi connectivity index (χ4v) is 4.33. The number of hydrogen-bond acceptors (Lipinski definition) is 5. The summed E-state index contributed by atoms with van der Waals surface area (Å²) >= 11 is 0. The summed E-state index contributed by atoms with van der Waals surface area (Å²) in [6, 6.07) is 3.78. The topological polar surface area (TPSA) is 84.9 Å². The van der Waals surface area contributed by atoms with Crippen molar-refractivity contribution in [1.29, 1.82) is 0 Å². The second kappa shape index (κ2) is 9.30. The molecular weight excluding hydrogens is 368 g/mol. The zero-order valence-electron chi connectivity index (χ0n) is 17.4. The van der Waals surface area contributed by atoms with E-state index in [1.54, 1.807) is 25.1 Å². The third kappa shape index (κ3) is 5.76. The number of amides is 1. The lowest BCUT2D eigenvalue weighted by molar-refractivity contribution is -0.123. The first-order valence-electron chi connectivity index (χ1n) is 8.95. The highest BCUT2D eigenvalue weighted by Gasteiger charge is 2.32. The van der Waals surface area contributed by atoms with Crippen LogP contribution in [0.4, 0.5) is 5.69 Å². The Morgan fingerprint density at radius 1 is 1.00 bits per heavy atom. The number of hydrogen-bond donors (Lipinski definition) is 1. The molecule has 8 heteroatoms. The molecule has 1 aromatic rings. The van der Waals surface area contributed by atoms with Gasteiger partial charge in [-0.25, -0.2) is 8.42 Å². The highest BCUT2D eigenvalue weighted by atomic mass is 32.2. The standard InChI is InChI=1S/C19H32N2O5S/c1-12(2)18(13(3)4)20-19(22)14(5)21(27(8,23)24)15-9-10-16(25-6)17(11-15)26-7/h9-14,18H,1-8H3,(H,20,22)/t14-/m1/s1. The quantitative estimate of drug-likeness (QED) is 0.689. The maximum absolute atomic E-state index is 12.8. The van der Waals surface area contributed by atoms with Crippen molar-refractivity contribution in [3.8, 4) is 11.5 Å². The van der Waals surface area contributed by atoms with Crippen LogP contribution in [-0.2, 0) is 14.8 Å². The lowest BCUT2D eigenvalue weighted by Gasteiger charge is -2.32. The van der Waals surface area contributed by atoms with Crippen LogP contribution in [0.5, 0.6) is 11.5 Å². The lowest BCUT2D eigenvalue weighted by atomic mass is 9.93. The Morgan fingerprint density at radius 2 is 1.52 bits per heavy atom. The van der Waals surface area contributed by atoms with Crippen molar-refractivity contribution in [2.45, 2.75) is 46.7 Å². The van der Waals surface area contributed by atoms with E-state index in [1.807, 2.05) is 27.7 Å². The highest BCUT2D eigenvalue weighted by molar-refractivity contribution is 7.92. The van der Waals surface area contributed by atoms with Crippen LogP contribution in [0.25, 0.3) is 0 Å². The molecule has 0 fully saturated rings. The van der Waals surface area contributed by atoms with E-state index in [9.17, 15) is 13.2 Å². The molecule has 154 valence electrons. The predicted molar refractivity (Wildman–Crippen MR) is 108 cm³/mol. The van der Waals surface area contributed by atoms with Gasteiger partial charge in [-0.05, 0) is 30.9 Å². The van der Waals surface area contributed by atoms with Crippen molar-refractivity contribution in [3.63, 3.8) is 0 Å². The summed E-state index contributed by atoms with van der Waals surface area (Å²) in [5, 5.41) is 2.99. The second-order valence-electron chi connectivity index (χ2n) is 7.30. The molecule has 1 atom stereocenters. The normalized spacial score (nSPS) is 13.0. The summed E-state index contributed by atoms with van der Waals surface area (Å²) in [6.45, 7) is 9.68. The van der Waals surface area contributed by atoms with E-state index in [4.69, 9.17) is 9.47 Å². The monoisotopic (exact) mass is 400 g/mol. The van der Waals surface area contributed by atoms with Gasteiger partial charge >= 0.3 is 0 Å². The van der Waals surface area contributed by atoms with Gasteiger partial charge in [0, 0.05) is 12.1 Å². The molecule has 0 saturated heterocycles. The summed E-state index contributed by atoms with van der Waals surface area (Å²) in [5.74, 6) is 0.982. The SMILES string of the molecule is COc1ccc(N([C@H](C)C(=O)NC(C(C)C)C(C)C)S(C)(=O)=O)cc1OC. The minimum Gasteiger partial charge on any atom is -0.493 e. The van der Waals surface area contributed by atoms with Gasteiger partial charge in [-0.2, -0.15) is 0 Å². The van der Waals surface area contributed by atoms with E-state index >= 15 is 0 Å². The minimum atomic E-state index is -3.71. The van der Waals surface area contributed by atoms with E-state index in [0.29, 0.717) is 17.2 Å². The molecule has 0 unspecified atom stereocenters. The molecule has 0 aliphatic carbocycles. The van der Waals surface area contributed by atoms with Crippen LogP contribution in [0, 0.1) is 11.8 Å². The summed E-state index contributed by atoms with van der Waals surface area (Å²) < 4.78 is 36.5. The fourth-order valence-electron chi connectivity index (χ4n) is 3.16. The first-order valence-corrected chi connectivity index (χ1v) is 10.8. The van der Waals surface area contributed by atoms with Crippen molar-refractivity contribution >= 4 is 21.6 Å². The summed E-state index contributed by atoms with van der Waals surface area (Å²) in [7, 11) is -0.736. The van der Waals surface area contributed by atoms with E-state index in [1.165, 1.54) is 14.2 Å². The Hall–Kier alpha value is -1.96. The van der Waals surface area contributed by atoms with Crippen LogP contribution in [0.15, 0.2) is 18.2 Å². The van der Waals surface area contributed by atoms with Crippen LogP contribution in [0.1, 0.15) is 34.6 Å². The average molecular weight is 401 g/mol. The van der Waals surface area contributed by atoms with Gasteiger partial charge in [0.2, 0.25) is 15.9 Å². The Labute approximate surface area is 163 Å². The van der Waals surface area contributed by atoms with Crippen molar-refractivity contribution in [2.24, 2.45) is 11.8 Å². The molecule has 1 rings (SSSR count). The van der Waals surface area contributed by atoms with Crippen molar-refractivity contribution in [3.05, 3.63) is 18.2 Å². The molecule has 1 N–H and O–H groups in total. The first-order chi connectivity index (χ1) is 12.4. The Bertz CT molecular complexity index is 738. The number of nitrogens with zero attached hydrogens (tertiary/aromatic N) is 1. The molecule has 0 aliphatic heterocycles. The van der Waals surface area contributed by atoms with E-state index in [-0.39, 0.29) is 23.8 Å². The van der Waals surface area contributed by atoms with Crippen LogP contribution in [-0.4, -0.2) is 46.9 Å². The number of carbonyl (C=O) groups is 1. The molecule has 0 heterocycles. The second-order valence-corrected chi connectivity index (χ2v) is 9.16. The van der Waals surface area contributed by atoms with E-state index < -0.39 is 16.1 Å². The number of anilines is 1. The van der Waals surface area contributed by atoms with Crippen LogP contribution in [0.2, 0.25) is 0 Å². The number of nitrogens with one attached hydrogen (secondary N) is 1. The third-order valence-corrected chi connectivity index (χ3v) is 5.70. The van der Waals surface area contributed by atoms with Gasteiger partial charge < -0.3 is 14.8 Å². The van der Waals surface area contributed by atoms with Crippen molar-refractivity contribution in [2.75, 3.05) is 24.8 Å². The summed E-state index contributed by atoms with van der Waals surface area (Å²) in [4.78, 5) is 12.8. The third-order valence-electron chi connectivity index (χ3n) is 4.46. The van der Waals surface area contributed by atoms with E-state index in [0.717, 1.165) is 10.6 Å². The van der Waals surface area contributed by atoms with Gasteiger partial charge in [0.15, 0.2) is 11.5 Å². The molecule has 0 aromatic heterocycles. The van der Waals surface area contributed by atoms with E-state index in [2.05, 4.69) is 5.32 Å². The average Bonchev–Trinajstić information content (AvgIpc) is 2.57. The van der Waals surface area contributed by atoms with Crippen LogP contribution in [0.3, 0.4) is 0 Å². The molecule has 0 radical (unpaired) electrons. The van der Waals surface area contributed by atoms with Crippen LogP contribution < -0.4 is 19.1 Å². The number of sulfonamides is 1. The zero-order chi connectivity index (χ0) is 20.9. The number of rotatable bonds is 9. The fraction of sp³-hybridized carbons (Fsp3) is 0.632. The number of ether oxygens (including phenoxy) is 2. The number of methoxy groups -OCH3 is 2.